The third kappa shape index (κ3) is 5.50. The number of hydrogen-bond donors (Lipinski definition) is 2. The van der Waals surface area contributed by atoms with Crippen LogP contribution in [0.4, 0.5) is 5.69 Å². The van der Waals surface area contributed by atoms with Crippen molar-refractivity contribution in [3.63, 3.8) is 0 Å². The first-order valence-electron chi connectivity index (χ1n) is 15.5. The number of nitriles is 1. The van der Waals surface area contributed by atoms with Crippen LogP contribution in [0.5, 0.6) is 5.75 Å². The number of anilines is 1. The van der Waals surface area contributed by atoms with Crippen molar-refractivity contribution in [3.05, 3.63) is 58.6 Å². The second-order valence-corrected chi connectivity index (χ2v) is 14.6. The maximum absolute atomic E-state index is 13.4. The van der Waals surface area contributed by atoms with Crippen LogP contribution in [0.2, 0.25) is 5.02 Å². The Kier molecular flexibility index (Phi) is 7.93. The molecule has 42 heavy (non-hydrogen) atoms. The van der Waals surface area contributed by atoms with Gasteiger partial charge in [-0.3, -0.25) is 4.79 Å². The van der Waals surface area contributed by atoms with E-state index in [0.717, 1.165) is 30.8 Å². The van der Waals surface area contributed by atoms with Gasteiger partial charge in [0.1, 0.15) is 17.9 Å². The van der Waals surface area contributed by atoms with Crippen LogP contribution in [-0.2, 0) is 0 Å². The minimum Gasteiger partial charge on any atom is -0.489 e. The van der Waals surface area contributed by atoms with Gasteiger partial charge in [0, 0.05) is 66.9 Å². The molecule has 2 N–H and O–H groups in total. The van der Waals surface area contributed by atoms with E-state index in [9.17, 15) is 4.79 Å². The van der Waals surface area contributed by atoms with Gasteiger partial charge in [-0.1, -0.05) is 39.3 Å². The van der Waals surface area contributed by atoms with E-state index < -0.39 is 0 Å². The zero-order valence-electron chi connectivity index (χ0n) is 25.3. The van der Waals surface area contributed by atoms with Gasteiger partial charge < -0.3 is 25.2 Å². The summed E-state index contributed by atoms with van der Waals surface area (Å²) in [5, 5.41) is 16.3. The van der Waals surface area contributed by atoms with Crippen LogP contribution in [0, 0.1) is 39.9 Å². The SMILES string of the molecule is CC1(C)C(NC(=O)c2ccc(N3CC4CN(CC5CCNCC5)CC4C3)cc2)C(C)(C)C1Oc1ccc(C#N)c(Cl)c1. The molecule has 8 heteroatoms. The monoisotopic (exact) mass is 589 g/mol. The number of fused-ring (bicyclic) bond motifs is 1. The maximum Gasteiger partial charge on any atom is 0.251 e. The van der Waals surface area contributed by atoms with Crippen molar-refractivity contribution in [1.82, 2.24) is 15.5 Å². The molecular formula is C34H44ClN5O2. The van der Waals surface area contributed by atoms with Crippen LogP contribution >= 0.6 is 11.6 Å². The fourth-order valence-electron chi connectivity index (χ4n) is 8.51. The number of hydrogen-bond acceptors (Lipinski definition) is 6. The first-order valence-corrected chi connectivity index (χ1v) is 15.9. The molecule has 0 bridgehead atoms. The van der Waals surface area contributed by atoms with E-state index in [1.807, 2.05) is 12.1 Å². The number of nitrogens with one attached hydrogen (secondary N) is 2. The van der Waals surface area contributed by atoms with Crippen molar-refractivity contribution < 1.29 is 9.53 Å². The Morgan fingerprint density at radius 3 is 2.26 bits per heavy atom. The maximum atomic E-state index is 13.4. The minimum atomic E-state index is -0.297. The van der Waals surface area contributed by atoms with Gasteiger partial charge in [0.25, 0.3) is 5.91 Å². The highest BCUT2D eigenvalue weighted by atomic mass is 35.5. The van der Waals surface area contributed by atoms with Crippen molar-refractivity contribution in [2.75, 3.05) is 50.7 Å². The number of halogens is 1. The van der Waals surface area contributed by atoms with Crippen LogP contribution in [0.15, 0.2) is 42.5 Å². The summed E-state index contributed by atoms with van der Waals surface area (Å²) < 4.78 is 6.37. The lowest BCUT2D eigenvalue weighted by atomic mass is 9.49. The molecule has 3 saturated heterocycles. The lowest BCUT2D eigenvalue weighted by Gasteiger charge is -2.63. The number of rotatable bonds is 7. The number of ether oxygens (including phenoxy) is 1. The van der Waals surface area contributed by atoms with E-state index in [1.165, 1.54) is 51.3 Å². The Labute approximate surface area is 255 Å². The second-order valence-electron chi connectivity index (χ2n) is 14.2. The largest absolute Gasteiger partial charge is 0.489 e. The summed E-state index contributed by atoms with van der Waals surface area (Å²) in [5.41, 5.74) is 1.73. The van der Waals surface area contributed by atoms with Crippen LogP contribution in [0.3, 0.4) is 0 Å². The van der Waals surface area contributed by atoms with Gasteiger partial charge in [-0.25, -0.2) is 0 Å². The zero-order chi connectivity index (χ0) is 29.6. The fourth-order valence-corrected chi connectivity index (χ4v) is 8.73. The molecule has 2 unspecified atom stereocenters. The lowest BCUT2D eigenvalue weighted by Crippen LogP contribution is -2.74. The number of amides is 1. The van der Waals surface area contributed by atoms with Crippen molar-refractivity contribution in [3.8, 4) is 11.8 Å². The van der Waals surface area contributed by atoms with Gasteiger partial charge in [0.15, 0.2) is 0 Å². The normalized spacial score (nSPS) is 28.5. The van der Waals surface area contributed by atoms with Crippen molar-refractivity contribution >= 4 is 23.2 Å². The number of carbonyl (C=O) groups is 1. The Morgan fingerprint density at radius 1 is 1.02 bits per heavy atom. The van der Waals surface area contributed by atoms with Gasteiger partial charge in [0.2, 0.25) is 0 Å². The van der Waals surface area contributed by atoms with E-state index in [4.69, 9.17) is 21.6 Å². The predicted molar refractivity (Wildman–Crippen MR) is 167 cm³/mol. The average Bonchev–Trinajstić information content (AvgIpc) is 3.54. The molecular weight excluding hydrogens is 546 g/mol. The average molecular weight is 590 g/mol. The quantitative estimate of drug-likeness (QED) is 0.463. The van der Waals surface area contributed by atoms with Crippen molar-refractivity contribution in [2.24, 2.45) is 28.6 Å². The molecule has 2 atom stereocenters. The lowest BCUT2D eigenvalue weighted by molar-refractivity contribution is -0.164. The van der Waals surface area contributed by atoms with E-state index in [-0.39, 0.29) is 28.9 Å². The van der Waals surface area contributed by atoms with Crippen LogP contribution in [-0.4, -0.2) is 68.8 Å². The van der Waals surface area contributed by atoms with Crippen LogP contribution in [0.25, 0.3) is 0 Å². The summed E-state index contributed by atoms with van der Waals surface area (Å²) in [5.74, 6) is 2.92. The number of piperidine rings is 1. The molecule has 6 rings (SSSR count). The van der Waals surface area contributed by atoms with E-state index >= 15 is 0 Å². The first kappa shape index (κ1) is 29.3. The molecule has 0 aromatic heterocycles. The predicted octanol–water partition coefficient (Wildman–Crippen LogP) is 5.19. The Bertz CT molecular complexity index is 1320. The topological polar surface area (TPSA) is 80.6 Å². The van der Waals surface area contributed by atoms with Crippen molar-refractivity contribution in [1.29, 1.82) is 5.26 Å². The molecule has 3 aliphatic heterocycles. The Hall–Kier alpha value is -2.79. The number of nitrogens with zero attached hydrogens (tertiary/aromatic N) is 3. The Morgan fingerprint density at radius 2 is 1.67 bits per heavy atom. The van der Waals surface area contributed by atoms with Gasteiger partial charge in [-0.15, -0.1) is 0 Å². The van der Waals surface area contributed by atoms with E-state index in [1.54, 1.807) is 18.2 Å². The molecule has 1 saturated carbocycles. The number of carbonyl (C=O) groups excluding carboxylic acids is 1. The summed E-state index contributed by atoms with van der Waals surface area (Å²) in [6.07, 6.45) is 2.50. The summed E-state index contributed by atoms with van der Waals surface area (Å²) in [7, 11) is 0. The summed E-state index contributed by atoms with van der Waals surface area (Å²) in [6, 6.07) is 15.3. The Balaban J connectivity index is 1.03. The summed E-state index contributed by atoms with van der Waals surface area (Å²) in [4.78, 5) is 18.6. The number of benzene rings is 2. The minimum absolute atomic E-state index is 0.0561. The third-order valence-corrected chi connectivity index (χ3v) is 10.8. The van der Waals surface area contributed by atoms with Crippen LogP contribution < -0.4 is 20.3 Å². The fraction of sp³-hybridized carbons (Fsp3) is 0.588. The molecule has 3 heterocycles. The molecule has 4 fully saturated rings. The standard InChI is InChI=1S/C34H44ClN5O2/c1-33(2)31(34(3,4)32(33)42-28-10-7-24(16-36)29(35)15-28)38-30(41)23-5-8-27(9-6-23)40-20-25-18-39(19-26(25)21-40)17-22-11-13-37-14-12-22/h5-10,15,22,25-26,31-32,37H,11-14,17-21H2,1-4H3,(H,38,41). The summed E-state index contributed by atoms with van der Waals surface area (Å²) >= 11 is 6.23. The summed E-state index contributed by atoms with van der Waals surface area (Å²) in [6.45, 7) is 16.8. The first-order chi connectivity index (χ1) is 20.1. The molecule has 1 amide bonds. The molecule has 2 aromatic carbocycles. The van der Waals surface area contributed by atoms with Gasteiger partial charge in [-0.05, 0) is 80.1 Å². The second kappa shape index (κ2) is 11.4. The van der Waals surface area contributed by atoms with Gasteiger partial charge in [0.05, 0.1) is 10.6 Å². The van der Waals surface area contributed by atoms with Crippen LogP contribution in [0.1, 0.15) is 56.5 Å². The van der Waals surface area contributed by atoms with E-state index in [2.05, 4.69) is 66.3 Å². The van der Waals surface area contributed by atoms with Gasteiger partial charge >= 0.3 is 0 Å². The molecule has 0 radical (unpaired) electrons. The molecule has 0 spiro atoms. The van der Waals surface area contributed by atoms with Gasteiger partial charge in [-0.2, -0.15) is 5.26 Å². The highest BCUT2D eigenvalue weighted by Crippen LogP contribution is 2.55. The molecule has 224 valence electrons. The molecule has 1 aliphatic carbocycles. The number of likely N-dealkylation sites (tertiary alicyclic amines) is 1. The zero-order valence-corrected chi connectivity index (χ0v) is 26.1. The highest BCUT2D eigenvalue weighted by Gasteiger charge is 2.64. The van der Waals surface area contributed by atoms with E-state index in [0.29, 0.717) is 21.9 Å². The third-order valence-electron chi connectivity index (χ3n) is 10.5. The smallest absolute Gasteiger partial charge is 0.251 e. The molecule has 2 aromatic rings. The molecule has 7 nitrogen and oxygen atoms in total. The van der Waals surface area contributed by atoms with Crippen molar-refractivity contribution in [2.45, 2.75) is 52.7 Å². The molecule has 4 aliphatic rings. The highest BCUT2D eigenvalue weighted by molar-refractivity contribution is 6.31.